The highest BCUT2D eigenvalue weighted by Gasteiger charge is 2.11. The molecule has 82 valence electrons. The lowest BCUT2D eigenvalue weighted by molar-refractivity contribution is 0.0525. The second-order valence-corrected chi connectivity index (χ2v) is 5.29. The third-order valence-corrected chi connectivity index (χ3v) is 3.56. The highest BCUT2D eigenvalue weighted by molar-refractivity contribution is 14.1. The van der Waals surface area contributed by atoms with Crippen molar-refractivity contribution in [3.63, 3.8) is 0 Å². The first kappa shape index (κ1) is 12.8. The molecule has 0 aromatic heterocycles. The van der Waals surface area contributed by atoms with E-state index in [2.05, 4.69) is 29.5 Å². The van der Waals surface area contributed by atoms with Gasteiger partial charge in [0.25, 0.3) is 0 Å². The Kier molecular flexibility index (Phi) is 5.45. The van der Waals surface area contributed by atoms with Crippen molar-refractivity contribution in [3.8, 4) is 0 Å². The zero-order chi connectivity index (χ0) is 11.3. The maximum absolute atomic E-state index is 11.6. The van der Waals surface area contributed by atoms with E-state index in [4.69, 9.17) is 4.74 Å². The minimum atomic E-state index is -0.236. The van der Waals surface area contributed by atoms with Gasteiger partial charge in [-0.1, -0.05) is 6.92 Å². The zero-order valence-electron chi connectivity index (χ0n) is 8.75. The van der Waals surface area contributed by atoms with Gasteiger partial charge in [-0.25, -0.2) is 4.79 Å². The monoisotopic (exact) mass is 336 g/mol. The van der Waals surface area contributed by atoms with Crippen LogP contribution in [0.25, 0.3) is 0 Å². The average Bonchev–Trinajstić information content (AvgIpc) is 2.21. The third-order valence-electron chi connectivity index (χ3n) is 1.74. The lowest BCUT2D eigenvalue weighted by Gasteiger charge is -2.06. The van der Waals surface area contributed by atoms with E-state index >= 15 is 0 Å². The van der Waals surface area contributed by atoms with E-state index in [1.807, 2.05) is 25.1 Å². The van der Waals surface area contributed by atoms with Crippen LogP contribution in [-0.4, -0.2) is 18.3 Å². The fourth-order valence-corrected chi connectivity index (χ4v) is 2.38. The lowest BCUT2D eigenvalue weighted by atomic mass is 10.2. The summed E-state index contributed by atoms with van der Waals surface area (Å²) in [7, 11) is 0. The molecule has 0 fully saturated rings. The molecule has 0 aliphatic carbocycles. The zero-order valence-corrected chi connectivity index (χ0v) is 11.7. The maximum Gasteiger partial charge on any atom is 0.339 e. The van der Waals surface area contributed by atoms with Gasteiger partial charge >= 0.3 is 5.97 Å². The molecule has 1 rings (SSSR count). The van der Waals surface area contributed by atoms with E-state index in [1.165, 1.54) is 0 Å². The molecule has 0 saturated carbocycles. The Morgan fingerprint density at radius 2 is 2.20 bits per heavy atom. The van der Waals surface area contributed by atoms with Crippen LogP contribution in [0.1, 0.15) is 24.2 Å². The van der Waals surface area contributed by atoms with Crippen molar-refractivity contribution in [2.24, 2.45) is 0 Å². The molecule has 15 heavy (non-hydrogen) atoms. The van der Waals surface area contributed by atoms with E-state index in [1.54, 1.807) is 11.8 Å². The van der Waals surface area contributed by atoms with Crippen LogP contribution in [0.15, 0.2) is 23.1 Å². The summed E-state index contributed by atoms with van der Waals surface area (Å²) in [6.07, 6.45) is 0. The molecule has 0 aliphatic heterocycles. The molecule has 0 unspecified atom stereocenters. The molecule has 0 bridgehead atoms. The summed E-state index contributed by atoms with van der Waals surface area (Å²) in [4.78, 5) is 12.7. The Bertz CT molecular complexity index is 352. The topological polar surface area (TPSA) is 26.3 Å². The predicted octanol–water partition coefficient (Wildman–Crippen LogP) is 3.58. The summed E-state index contributed by atoms with van der Waals surface area (Å²) in [5, 5.41) is 0. The minimum absolute atomic E-state index is 0.236. The number of ether oxygens (including phenoxy) is 1. The number of hydrogen-bond acceptors (Lipinski definition) is 3. The first-order valence-electron chi connectivity index (χ1n) is 4.78. The first-order valence-corrected chi connectivity index (χ1v) is 6.85. The molecule has 0 radical (unpaired) electrons. The summed E-state index contributed by atoms with van der Waals surface area (Å²) >= 11 is 3.87. The lowest BCUT2D eigenvalue weighted by Crippen LogP contribution is -2.06. The van der Waals surface area contributed by atoms with Crippen LogP contribution >= 0.6 is 34.4 Å². The Hall–Kier alpha value is -0.230. The fourth-order valence-electron chi connectivity index (χ4n) is 1.13. The molecule has 0 N–H and O–H groups in total. The van der Waals surface area contributed by atoms with Crippen molar-refractivity contribution in [1.29, 1.82) is 0 Å². The van der Waals surface area contributed by atoms with Crippen LogP contribution in [0, 0.1) is 3.57 Å². The van der Waals surface area contributed by atoms with Gasteiger partial charge in [0.15, 0.2) is 0 Å². The molecule has 1 aromatic rings. The number of benzene rings is 1. The van der Waals surface area contributed by atoms with Crippen molar-refractivity contribution in [2.75, 3.05) is 12.4 Å². The summed E-state index contributed by atoms with van der Waals surface area (Å²) in [5.41, 5.74) is 0.663. The highest BCUT2D eigenvalue weighted by atomic mass is 127. The summed E-state index contributed by atoms with van der Waals surface area (Å²) < 4.78 is 5.93. The van der Waals surface area contributed by atoms with Crippen molar-refractivity contribution >= 4 is 40.3 Å². The standard InChI is InChI=1S/C11H13IO2S/c1-3-14-11(13)9-7-8(15-4-2)5-6-10(9)12/h5-7H,3-4H2,1-2H3. The van der Waals surface area contributed by atoms with Gasteiger partial charge in [-0.05, 0) is 53.5 Å². The Morgan fingerprint density at radius 3 is 2.80 bits per heavy atom. The average molecular weight is 336 g/mol. The van der Waals surface area contributed by atoms with Gasteiger partial charge in [-0.3, -0.25) is 0 Å². The Balaban J connectivity index is 2.94. The van der Waals surface area contributed by atoms with E-state index < -0.39 is 0 Å². The smallest absolute Gasteiger partial charge is 0.339 e. The van der Waals surface area contributed by atoms with Crippen LogP contribution in [0.2, 0.25) is 0 Å². The second-order valence-electron chi connectivity index (χ2n) is 2.80. The van der Waals surface area contributed by atoms with Gasteiger partial charge < -0.3 is 4.74 Å². The Labute approximate surface area is 108 Å². The molecule has 0 amide bonds. The number of thioether (sulfide) groups is 1. The molecule has 0 spiro atoms. The molecular weight excluding hydrogens is 323 g/mol. The van der Waals surface area contributed by atoms with Crippen molar-refractivity contribution in [3.05, 3.63) is 27.3 Å². The van der Waals surface area contributed by atoms with Crippen molar-refractivity contribution in [1.82, 2.24) is 0 Å². The highest BCUT2D eigenvalue weighted by Crippen LogP contribution is 2.23. The molecule has 1 aromatic carbocycles. The number of esters is 1. The van der Waals surface area contributed by atoms with Gasteiger partial charge in [0.2, 0.25) is 0 Å². The Morgan fingerprint density at radius 1 is 1.47 bits per heavy atom. The van der Waals surface area contributed by atoms with Gasteiger partial charge in [-0.2, -0.15) is 0 Å². The first-order chi connectivity index (χ1) is 7.19. The van der Waals surface area contributed by atoms with Gasteiger partial charge in [-0.15, -0.1) is 11.8 Å². The SMILES string of the molecule is CCOC(=O)c1cc(SCC)ccc1I. The molecule has 4 heteroatoms. The van der Waals surface area contributed by atoms with Crippen molar-refractivity contribution in [2.45, 2.75) is 18.7 Å². The number of carbonyl (C=O) groups is 1. The maximum atomic E-state index is 11.6. The summed E-state index contributed by atoms with van der Waals surface area (Å²) in [5.74, 6) is 0.767. The number of rotatable bonds is 4. The normalized spacial score (nSPS) is 10.1. The van der Waals surface area contributed by atoms with Crippen LogP contribution in [-0.2, 0) is 4.74 Å². The van der Waals surface area contributed by atoms with E-state index in [9.17, 15) is 4.79 Å². The van der Waals surface area contributed by atoms with E-state index in [0.29, 0.717) is 12.2 Å². The van der Waals surface area contributed by atoms with E-state index in [-0.39, 0.29) is 5.97 Å². The van der Waals surface area contributed by atoms with Crippen LogP contribution < -0.4 is 0 Å². The quantitative estimate of drug-likeness (QED) is 0.478. The number of halogens is 1. The molecule has 0 heterocycles. The van der Waals surface area contributed by atoms with Gasteiger partial charge in [0.05, 0.1) is 12.2 Å². The molecule has 0 atom stereocenters. The second kappa shape index (κ2) is 6.37. The van der Waals surface area contributed by atoms with Gasteiger partial charge in [0.1, 0.15) is 0 Å². The molecular formula is C11H13IO2S. The van der Waals surface area contributed by atoms with Crippen molar-refractivity contribution < 1.29 is 9.53 Å². The number of carbonyl (C=O) groups excluding carboxylic acids is 1. The van der Waals surface area contributed by atoms with Crippen LogP contribution in [0.3, 0.4) is 0 Å². The van der Waals surface area contributed by atoms with Crippen LogP contribution in [0.4, 0.5) is 0 Å². The fraction of sp³-hybridized carbons (Fsp3) is 0.364. The van der Waals surface area contributed by atoms with E-state index in [0.717, 1.165) is 14.2 Å². The van der Waals surface area contributed by atoms with Gasteiger partial charge in [0, 0.05) is 8.47 Å². The molecule has 0 saturated heterocycles. The third kappa shape index (κ3) is 3.68. The summed E-state index contributed by atoms with van der Waals surface area (Å²) in [6.45, 7) is 4.32. The minimum Gasteiger partial charge on any atom is -0.462 e. The molecule has 0 aliphatic rings. The number of hydrogen-bond donors (Lipinski definition) is 0. The predicted molar refractivity (Wildman–Crippen MR) is 71.5 cm³/mol. The molecule has 2 nitrogen and oxygen atoms in total. The van der Waals surface area contributed by atoms with Crippen LogP contribution in [0.5, 0.6) is 0 Å². The summed E-state index contributed by atoms with van der Waals surface area (Å²) in [6, 6.07) is 5.87. The largest absolute Gasteiger partial charge is 0.462 e.